The zero-order valence-corrected chi connectivity index (χ0v) is 30.9. The van der Waals surface area contributed by atoms with Crippen LogP contribution in [0.4, 0.5) is 4.79 Å². The molecule has 2 aromatic rings. The highest BCUT2D eigenvalue weighted by Gasteiger charge is 2.33. The highest BCUT2D eigenvalue weighted by Crippen LogP contribution is 2.24. The van der Waals surface area contributed by atoms with E-state index < -0.39 is 106 Å². The summed E-state index contributed by atoms with van der Waals surface area (Å²) < 4.78 is 90.2. The molecule has 0 heterocycles. The van der Waals surface area contributed by atoms with Crippen LogP contribution in [-0.2, 0) is 73.9 Å². The first-order valence-corrected chi connectivity index (χ1v) is 19.0. The van der Waals surface area contributed by atoms with Crippen LogP contribution in [0.3, 0.4) is 0 Å². The molecule has 0 aromatic heterocycles. The fourth-order valence-corrected chi connectivity index (χ4v) is 5.21. The average Bonchev–Trinajstić information content (AvgIpc) is 3.10. The van der Waals surface area contributed by atoms with Crippen LogP contribution in [0.15, 0.2) is 54.6 Å². The molecule has 0 fully saturated rings. The number of carbonyl (C=O) groups excluding carboxylic acids is 5. The molecule has 0 spiro atoms. The first-order chi connectivity index (χ1) is 24.9. The third kappa shape index (κ3) is 17.6. The molecular formula is C32H42N2O17S2. The number of carbonyl (C=O) groups is 5. The van der Waals surface area contributed by atoms with Gasteiger partial charge in [0.05, 0.1) is 31.5 Å². The summed E-state index contributed by atoms with van der Waals surface area (Å²) in [6, 6.07) is 11.5. The van der Waals surface area contributed by atoms with Crippen LogP contribution >= 0.6 is 0 Å². The Morgan fingerprint density at radius 1 is 0.830 bits per heavy atom. The molecule has 53 heavy (non-hydrogen) atoms. The van der Waals surface area contributed by atoms with Gasteiger partial charge in [0.25, 0.3) is 20.2 Å². The van der Waals surface area contributed by atoms with Crippen LogP contribution < -0.4 is 15.4 Å². The number of ether oxygens (including phenoxy) is 6. The number of nitrogens with one attached hydrogen (secondary N) is 2. The fraction of sp³-hybridized carbons (Fsp3) is 0.469. The standard InChI is InChI=1S/C32H42N2O17S2/c1-5-46-31(29(33-22(3)35)24-11-13-25(14-12-24)51-27(37)16-18-53(43,44)45-4)49-20-48-30(38)28(21(2)50-26(36)15-17-52(40,41)42)34-32(39)47-19-23-9-7-6-8-10-23/h6-14,21,28-29,31H,5,15-20H2,1-4H3,(H,33,35)(H,34,39)(H,40,41,42). The minimum absolute atomic E-state index is 0.0583. The van der Waals surface area contributed by atoms with Crippen LogP contribution in [0.5, 0.6) is 5.75 Å². The molecule has 0 bridgehead atoms. The summed E-state index contributed by atoms with van der Waals surface area (Å²) in [6.07, 6.45) is -5.04. The fourth-order valence-electron chi connectivity index (χ4n) is 4.20. The Kier molecular flexibility index (Phi) is 18.3. The van der Waals surface area contributed by atoms with E-state index in [1.807, 2.05) is 0 Å². The van der Waals surface area contributed by atoms with Crippen molar-refractivity contribution in [3.63, 3.8) is 0 Å². The summed E-state index contributed by atoms with van der Waals surface area (Å²) in [4.78, 5) is 62.3. The van der Waals surface area contributed by atoms with Crippen LogP contribution in [0.1, 0.15) is 50.8 Å². The predicted molar refractivity (Wildman–Crippen MR) is 182 cm³/mol. The summed E-state index contributed by atoms with van der Waals surface area (Å²) in [6.45, 7) is 3.13. The van der Waals surface area contributed by atoms with Gasteiger partial charge in [-0.15, -0.1) is 0 Å². The number of alkyl carbamates (subject to hydrolysis) is 1. The second-order valence-electron chi connectivity index (χ2n) is 10.9. The van der Waals surface area contributed by atoms with Crippen molar-refractivity contribution in [2.45, 2.75) is 64.7 Å². The smallest absolute Gasteiger partial charge is 0.408 e. The molecule has 294 valence electrons. The Labute approximate surface area is 306 Å². The van der Waals surface area contributed by atoms with E-state index in [1.54, 1.807) is 37.3 Å². The van der Waals surface area contributed by atoms with Gasteiger partial charge < -0.3 is 39.1 Å². The van der Waals surface area contributed by atoms with Crippen molar-refractivity contribution in [3.8, 4) is 5.75 Å². The zero-order valence-electron chi connectivity index (χ0n) is 29.3. The lowest BCUT2D eigenvalue weighted by Gasteiger charge is -2.28. The topological polar surface area (TPSA) is 263 Å². The Hall–Kier alpha value is -4.67. The molecule has 0 aliphatic carbocycles. The monoisotopic (exact) mass is 790 g/mol. The number of esters is 3. The Morgan fingerprint density at radius 3 is 2.06 bits per heavy atom. The molecule has 0 aliphatic rings. The van der Waals surface area contributed by atoms with E-state index >= 15 is 0 Å². The molecule has 3 N–H and O–H groups in total. The molecule has 19 nitrogen and oxygen atoms in total. The minimum Gasteiger partial charge on any atom is -0.460 e. The van der Waals surface area contributed by atoms with Crippen LogP contribution in [0.2, 0.25) is 0 Å². The van der Waals surface area contributed by atoms with Gasteiger partial charge in [0.2, 0.25) is 5.91 Å². The molecule has 4 unspecified atom stereocenters. The molecule has 2 aromatic carbocycles. The van der Waals surface area contributed by atoms with Gasteiger partial charge in [-0.25, -0.2) is 9.59 Å². The third-order valence-corrected chi connectivity index (χ3v) is 8.70. The predicted octanol–water partition coefficient (Wildman–Crippen LogP) is 1.52. The molecule has 4 atom stereocenters. The number of amides is 2. The lowest BCUT2D eigenvalue weighted by Crippen LogP contribution is -2.50. The van der Waals surface area contributed by atoms with Gasteiger partial charge in [0.1, 0.15) is 24.5 Å². The lowest BCUT2D eigenvalue weighted by molar-refractivity contribution is -0.211. The van der Waals surface area contributed by atoms with Crippen LogP contribution in [-0.4, -0.2) is 102 Å². The summed E-state index contributed by atoms with van der Waals surface area (Å²) in [5, 5.41) is 4.90. The Balaban J connectivity index is 2.16. The van der Waals surface area contributed by atoms with E-state index in [2.05, 4.69) is 14.8 Å². The van der Waals surface area contributed by atoms with Gasteiger partial charge in [-0.05, 0) is 37.1 Å². The first-order valence-electron chi connectivity index (χ1n) is 15.8. The second-order valence-corrected chi connectivity index (χ2v) is 14.3. The minimum atomic E-state index is -4.50. The van der Waals surface area contributed by atoms with Crippen molar-refractivity contribution in [1.29, 1.82) is 0 Å². The molecule has 0 saturated carbocycles. The van der Waals surface area contributed by atoms with E-state index in [0.717, 1.165) is 7.11 Å². The van der Waals surface area contributed by atoms with E-state index in [-0.39, 0.29) is 19.0 Å². The number of rotatable bonds is 22. The maximum atomic E-state index is 13.2. The summed E-state index contributed by atoms with van der Waals surface area (Å²) in [5.41, 5.74) is 1.01. The lowest BCUT2D eigenvalue weighted by atomic mass is 10.1. The van der Waals surface area contributed by atoms with Gasteiger partial charge in [-0.1, -0.05) is 42.5 Å². The molecule has 2 rings (SSSR count). The highest BCUT2D eigenvalue weighted by atomic mass is 32.2. The maximum absolute atomic E-state index is 13.2. The van der Waals surface area contributed by atoms with E-state index in [1.165, 1.54) is 38.1 Å². The van der Waals surface area contributed by atoms with Gasteiger partial charge in [-0.3, -0.25) is 23.1 Å². The van der Waals surface area contributed by atoms with E-state index in [4.69, 9.17) is 33.0 Å². The van der Waals surface area contributed by atoms with Crippen LogP contribution in [0.25, 0.3) is 0 Å². The van der Waals surface area contributed by atoms with E-state index in [0.29, 0.717) is 11.1 Å². The number of hydrogen-bond donors (Lipinski definition) is 3. The summed E-state index contributed by atoms with van der Waals surface area (Å²) >= 11 is 0. The van der Waals surface area contributed by atoms with Gasteiger partial charge in [0.15, 0.2) is 19.1 Å². The SMILES string of the molecule is CCOC(OCOC(=O)C(NC(=O)OCc1ccccc1)C(C)OC(=O)CCS(=O)(=O)O)C(NC(C)=O)c1ccc(OC(=O)CCS(=O)(=O)OC)cc1. The third-order valence-electron chi connectivity index (χ3n) is 6.77. The average molecular weight is 791 g/mol. The van der Waals surface area contributed by atoms with Gasteiger partial charge in [0, 0.05) is 13.5 Å². The molecule has 21 heteroatoms. The summed E-state index contributed by atoms with van der Waals surface area (Å²) in [7, 11) is -7.40. The largest absolute Gasteiger partial charge is 0.460 e. The molecule has 0 radical (unpaired) electrons. The number of benzene rings is 2. The van der Waals surface area contributed by atoms with Gasteiger partial charge >= 0.3 is 24.0 Å². The second kappa shape index (κ2) is 21.8. The van der Waals surface area contributed by atoms with E-state index in [9.17, 15) is 40.8 Å². The van der Waals surface area contributed by atoms with Gasteiger partial charge in [-0.2, -0.15) is 16.8 Å². The molecular weight excluding hydrogens is 748 g/mol. The van der Waals surface area contributed by atoms with Crippen molar-refractivity contribution in [3.05, 3.63) is 65.7 Å². The highest BCUT2D eigenvalue weighted by molar-refractivity contribution is 7.86. The van der Waals surface area contributed by atoms with Crippen molar-refractivity contribution in [2.75, 3.05) is 32.0 Å². The Morgan fingerprint density at radius 2 is 1.47 bits per heavy atom. The molecule has 0 saturated heterocycles. The first kappa shape index (κ1) is 44.5. The molecule has 2 amide bonds. The zero-order chi connectivity index (χ0) is 39.6. The molecule has 0 aliphatic heterocycles. The Bertz CT molecular complexity index is 1740. The normalized spacial score (nSPS) is 13.8. The van der Waals surface area contributed by atoms with Crippen molar-refractivity contribution in [2.24, 2.45) is 0 Å². The van der Waals surface area contributed by atoms with Crippen molar-refractivity contribution < 1.29 is 78.0 Å². The van der Waals surface area contributed by atoms with Crippen molar-refractivity contribution >= 4 is 50.1 Å². The van der Waals surface area contributed by atoms with Crippen molar-refractivity contribution in [1.82, 2.24) is 10.6 Å². The van der Waals surface area contributed by atoms with Crippen LogP contribution in [0, 0.1) is 0 Å². The number of hydrogen-bond acceptors (Lipinski definition) is 16. The maximum Gasteiger partial charge on any atom is 0.408 e. The summed E-state index contributed by atoms with van der Waals surface area (Å²) in [5.74, 6) is -5.10. The quantitative estimate of drug-likeness (QED) is 0.0381.